The van der Waals surface area contributed by atoms with Crippen LogP contribution in [0.2, 0.25) is 0 Å². The van der Waals surface area contributed by atoms with E-state index in [4.69, 9.17) is 12.2 Å². The summed E-state index contributed by atoms with van der Waals surface area (Å²) in [7, 11) is 1.85. The maximum absolute atomic E-state index is 12.3. The van der Waals surface area contributed by atoms with Crippen molar-refractivity contribution in [2.45, 2.75) is 6.42 Å². The van der Waals surface area contributed by atoms with Gasteiger partial charge in [-0.25, -0.2) is 0 Å². The molecule has 0 atom stereocenters. The minimum absolute atomic E-state index is 0.0693. The van der Waals surface area contributed by atoms with E-state index >= 15 is 0 Å². The van der Waals surface area contributed by atoms with Crippen LogP contribution in [0.3, 0.4) is 0 Å². The molecule has 2 N–H and O–H groups in total. The number of nitrogens with one attached hydrogen (secondary N) is 2. The van der Waals surface area contributed by atoms with Crippen LogP contribution in [0.25, 0.3) is 10.4 Å². The number of rotatable bonds is 5. The van der Waals surface area contributed by atoms with Crippen molar-refractivity contribution in [2.75, 3.05) is 6.54 Å². The summed E-state index contributed by atoms with van der Waals surface area (Å²) in [5.41, 5.74) is 1.10. The number of carbonyl (C=O) groups is 1. The number of hydrogen-bond donors (Lipinski definition) is 2. The van der Waals surface area contributed by atoms with Crippen molar-refractivity contribution in [3.63, 3.8) is 0 Å². The smallest absolute Gasteiger partial charge is 0.261 e. The molecule has 0 aliphatic rings. The first kappa shape index (κ1) is 17.1. The zero-order valence-corrected chi connectivity index (χ0v) is 16.1. The van der Waals surface area contributed by atoms with Gasteiger partial charge in [-0.15, -0.1) is 11.3 Å². The molecule has 8 heteroatoms. The third kappa shape index (κ3) is 3.82. The molecule has 2 aromatic heterocycles. The summed E-state index contributed by atoms with van der Waals surface area (Å²) in [6.45, 7) is 0.512. The highest BCUT2D eigenvalue weighted by atomic mass is 79.9. The van der Waals surface area contributed by atoms with Gasteiger partial charge in [0.25, 0.3) is 5.91 Å². The van der Waals surface area contributed by atoms with Gasteiger partial charge in [-0.05, 0) is 42.0 Å². The van der Waals surface area contributed by atoms with E-state index in [0.717, 1.165) is 20.7 Å². The van der Waals surface area contributed by atoms with Crippen LogP contribution in [0.15, 0.2) is 40.9 Å². The maximum atomic E-state index is 12.3. The zero-order chi connectivity index (χ0) is 17.1. The lowest BCUT2D eigenvalue weighted by Gasteiger charge is -2.03. The van der Waals surface area contributed by atoms with Crippen molar-refractivity contribution in [1.82, 2.24) is 20.1 Å². The van der Waals surface area contributed by atoms with E-state index in [1.807, 2.05) is 43.4 Å². The van der Waals surface area contributed by atoms with Crippen LogP contribution in [-0.2, 0) is 13.5 Å². The number of carbonyl (C=O) groups excluding carboxylic acids is 1. The molecular weight excluding hydrogens is 408 g/mol. The third-order valence-electron chi connectivity index (χ3n) is 3.57. The minimum Gasteiger partial charge on any atom is -0.351 e. The van der Waals surface area contributed by atoms with E-state index in [0.29, 0.717) is 22.6 Å². The summed E-state index contributed by atoms with van der Waals surface area (Å²) in [5.74, 6) is 0.752. The zero-order valence-electron chi connectivity index (χ0n) is 12.9. The summed E-state index contributed by atoms with van der Waals surface area (Å²) in [6.07, 6.45) is 0.625. The fourth-order valence-electron chi connectivity index (χ4n) is 2.21. The van der Waals surface area contributed by atoms with Gasteiger partial charge in [0.2, 0.25) is 0 Å². The lowest BCUT2D eigenvalue weighted by Crippen LogP contribution is -2.25. The number of halogens is 1. The third-order valence-corrected chi connectivity index (χ3v) is 5.59. The highest BCUT2D eigenvalue weighted by Crippen LogP contribution is 2.29. The quantitative estimate of drug-likeness (QED) is 0.611. The number of nitrogens with zero attached hydrogens (tertiary/aromatic N) is 2. The van der Waals surface area contributed by atoms with Gasteiger partial charge in [0.15, 0.2) is 4.77 Å². The van der Waals surface area contributed by atoms with E-state index in [9.17, 15) is 4.79 Å². The molecule has 0 saturated heterocycles. The average molecular weight is 423 g/mol. The fourth-order valence-corrected chi connectivity index (χ4v) is 3.55. The maximum Gasteiger partial charge on any atom is 0.261 e. The second kappa shape index (κ2) is 7.42. The van der Waals surface area contributed by atoms with Gasteiger partial charge in [-0.2, -0.15) is 5.10 Å². The Balaban J connectivity index is 1.60. The van der Waals surface area contributed by atoms with E-state index in [1.165, 1.54) is 11.3 Å². The second-order valence-electron chi connectivity index (χ2n) is 5.18. The number of amides is 1. The predicted molar refractivity (Wildman–Crippen MR) is 102 cm³/mol. The van der Waals surface area contributed by atoms with Crippen molar-refractivity contribution in [3.05, 3.63) is 56.3 Å². The molecular formula is C16H15BrN4OS2. The molecule has 0 saturated carbocycles. The van der Waals surface area contributed by atoms with Gasteiger partial charge in [0, 0.05) is 29.4 Å². The Bertz CT molecular complexity index is 911. The number of aromatic amines is 1. The molecule has 1 aromatic carbocycles. The van der Waals surface area contributed by atoms with E-state index in [1.54, 1.807) is 4.57 Å². The van der Waals surface area contributed by atoms with Crippen molar-refractivity contribution >= 4 is 45.4 Å². The van der Waals surface area contributed by atoms with Crippen LogP contribution < -0.4 is 5.32 Å². The molecule has 0 spiro atoms. The van der Waals surface area contributed by atoms with Gasteiger partial charge in [0.05, 0.1) is 4.88 Å². The fraction of sp³-hybridized carbons (Fsp3) is 0.188. The topological polar surface area (TPSA) is 62.7 Å². The van der Waals surface area contributed by atoms with Crippen LogP contribution in [0.5, 0.6) is 0 Å². The predicted octanol–water partition coefficient (Wildman–Crippen LogP) is 3.94. The summed E-state index contributed by atoms with van der Waals surface area (Å²) in [5, 5.41) is 9.78. The standard InChI is InChI=1S/C16H15BrN4OS2/c1-21-14(19-20-16(21)23)8-9-18-15(22)13-7-6-12(24-13)10-2-4-11(17)5-3-10/h2-7H,8-9H2,1H3,(H,18,22)(H,20,23). The molecule has 0 bridgehead atoms. The summed E-state index contributed by atoms with van der Waals surface area (Å²) >= 11 is 9.97. The Morgan fingerprint density at radius 3 is 2.75 bits per heavy atom. The first-order chi connectivity index (χ1) is 11.5. The van der Waals surface area contributed by atoms with Crippen molar-refractivity contribution < 1.29 is 4.79 Å². The van der Waals surface area contributed by atoms with Gasteiger partial charge < -0.3 is 9.88 Å². The first-order valence-electron chi connectivity index (χ1n) is 7.29. The molecule has 2 heterocycles. The Labute approximate surface area is 156 Å². The monoisotopic (exact) mass is 422 g/mol. The van der Waals surface area contributed by atoms with Gasteiger partial charge in [-0.1, -0.05) is 28.1 Å². The Kier molecular flexibility index (Phi) is 5.27. The highest BCUT2D eigenvalue weighted by Gasteiger charge is 2.10. The SMILES string of the molecule is Cn1c(CCNC(=O)c2ccc(-c3ccc(Br)cc3)s2)n[nH]c1=S. The van der Waals surface area contributed by atoms with E-state index in [2.05, 4.69) is 31.4 Å². The van der Waals surface area contributed by atoms with Crippen LogP contribution in [-0.4, -0.2) is 27.2 Å². The lowest BCUT2D eigenvalue weighted by atomic mass is 10.2. The minimum atomic E-state index is -0.0693. The Morgan fingerprint density at radius 2 is 2.08 bits per heavy atom. The largest absolute Gasteiger partial charge is 0.351 e. The average Bonchev–Trinajstić information content (AvgIpc) is 3.18. The van der Waals surface area contributed by atoms with Gasteiger partial charge in [0.1, 0.15) is 5.82 Å². The Morgan fingerprint density at radius 1 is 1.33 bits per heavy atom. The second-order valence-corrected chi connectivity index (χ2v) is 7.57. The molecule has 24 heavy (non-hydrogen) atoms. The molecule has 0 aliphatic heterocycles. The number of benzene rings is 1. The number of thiophene rings is 1. The molecule has 1 amide bonds. The summed E-state index contributed by atoms with van der Waals surface area (Å²) in [4.78, 5) is 14.0. The Hall–Kier alpha value is -1.77. The molecule has 124 valence electrons. The molecule has 3 rings (SSSR count). The van der Waals surface area contributed by atoms with Crippen LogP contribution in [0.4, 0.5) is 0 Å². The highest BCUT2D eigenvalue weighted by molar-refractivity contribution is 9.10. The molecule has 3 aromatic rings. The first-order valence-corrected chi connectivity index (χ1v) is 9.30. The van der Waals surface area contributed by atoms with Gasteiger partial charge in [-0.3, -0.25) is 9.89 Å². The summed E-state index contributed by atoms with van der Waals surface area (Å²) < 4.78 is 3.42. The van der Waals surface area contributed by atoms with Crippen molar-refractivity contribution in [2.24, 2.45) is 7.05 Å². The van der Waals surface area contributed by atoms with Gasteiger partial charge >= 0.3 is 0 Å². The molecule has 0 aliphatic carbocycles. The van der Waals surface area contributed by atoms with Crippen LogP contribution in [0.1, 0.15) is 15.5 Å². The number of H-pyrrole nitrogens is 1. The number of hydrogen-bond acceptors (Lipinski definition) is 4. The van der Waals surface area contributed by atoms with E-state index in [-0.39, 0.29) is 5.91 Å². The molecule has 0 fully saturated rings. The lowest BCUT2D eigenvalue weighted by molar-refractivity contribution is 0.0958. The molecule has 5 nitrogen and oxygen atoms in total. The van der Waals surface area contributed by atoms with E-state index < -0.39 is 0 Å². The molecule has 0 radical (unpaired) electrons. The van der Waals surface area contributed by atoms with Crippen LogP contribution in [0, 0.1) is 4.77 Å². The molecule has 0 unspecified atom stereocenters. The van der Waals surface area contributed by atoms with Crippen molar-refractivity contribution in [3.8, 4) is 10.4 Å². The summed E-state index contributed by atoms with van der Waals surface area (Å²) in [6, 6.07) is 11.9. The normalized spacial score (nSPS) is 10.8. The number of aromatic nitrogens is 3. The van der Waals surface area contributed by atoms with Crippen LogP contribution >= 0.6 is 39.5 Å². The van der Waals surface area contributed by atoms with Crippen molar-refractivity contribution in [1.29, 1.82) is 0 Å².